The van der Waals surface area contributed by atoms with E-state index < -0.39 is 10.8 Å². The van der Waals surface area contributed by atoms with E-state index in [4.69, 9.17) is 9.47 Å². The molecule has 0 atom stereocenters. The number of nitro groups is 1. The van der Waals surface area contributed by atoms with Crippen LogP contribution in [-0.2, 0) is 0 Å². The molecule has 1 saturated carbocycles. The van der Waals surface area contributed by atoms with Crippen LogP contribution in [0.1, 0.15) is 49.9 Å². The molecule has 24 heavy (non-hydrogen) atoms. The van der Waals surface area contributed by atoms with Crippen LogP contribution in [0.3, 0.4) is 0 Å². The summed E-state index contributed by atoms with van der Waals surface area (Å²) in [6.07, 6.45) is 3.91. The Hall–Kier alpha value is -2.31. The van der Waals surface area contributed by atoms with E-state index in [2.05, 4.69) is 12.2 Å². The molecule has 7 nitrogen and oxygen atoms in total. The number of nitrogens with zero attached hydrogens (tertiary/aromatic N) is 1. The quantitative estimate of drug-likeness (QED) is 0.636. The molecule has 0 radical (unpaired) electrons. The Balaban J connectivity index is 2.26. The van der Waals surface area contributed by atoms with E-state index in [1.165, 1.54) is 19.2 Å². The number of methoxy groups -OCH3 is 1. The van der Waals surface area contributed by atoms with Gasteiger partial charge in [-0.3, -0.25) is 14.9 Å². The van der Waals surface area contributed by atoms with Crippen LogP contribution in [0.2, 0.25) is 0 Å². The van der Waals surface area contributed by atoms with Gasteiger partial charge in [0.25, 0.3) is 11.6 Å². The summed E-state index contributed by atoms with van der Waals surface area (Å²) in [6, 6.07) is 2.69. The molecular formula is C17H24N2O5. The number of nitro benzene ring substituents is 1. The molecule has 0 aliphatic heterocycles. The second-order valence-corrected chi connectivity index (χ2v) is 6.14. The van der Waals surface area contributed by atoms with Crippen molar-refractivity contribution in [2.24, 2.45) is 5.92 Å². The minimum atomic E-state index is -0.570. The average Bonchev–Trinajstić information content (AvgIpc) is 2.56. The van der Waals surface area contributed by atoms with Crippen molar-refractivity contribution in [3.8, 4) is 11.5 Å². The molecule has 0 heterocycles. The smallest absolute Gasteiger partial charge is 0.286 e. The highest BCUT2D eigenvalue weighted by atomic mass is 16.6. The number of hydrogen-bond acceptors (Lipinski definition) is 5. The summed E-state index contributed by atoms with van der Waals surface area (Å²) in [7, 11) is 1.44. The summed E-state index contributed by atoms with van der Waals surface area (Å²) in [4.78, 5) is 23.3. The molecule has 0 saturated heterocycles. The molecule has 1 N–H and O–H groups in total. The third-order valence-electron chi connectivity index (χ3n) is 4.37. The zero-order valence-corrected chi connectivity index (χ0v) is 14.3. The first-order valence-corrected chi connectivity index (χ1v) is 8.26. The number of rotatable bonds is 6. The van der Waals surface area contributed by atoms with E-state index in [1.807, 2.05) is 0 Å². The summed E-state index contributed by atoms with van der Waals surface area (Å²) >= 11 is 0. The van der Waals surface area contributed by atoms with Crippen molar-refractivity contribution in [2.75, 3.05) is 13.7 Å². The van der Waals surface area contributed by atoms with E-state index in [9.17, 15) is 14.9 Å². The van der Waals surface area contributed by atoms with Gasteiger partial charge in [-0.25, -0.2) is 0 Å². The number of hydrogen-bond donors (Lipinski definition) is 1. The molecule has 0 bridgehead atoms. The average molecular weight is 336 g/mol. The highest BCUT2D eigenvalue weighted by Crippen LogP contribution is 2.35. The van der Waals surface area contributed by atoms with Crippen LogP contribution < -0.4 is 14.8 Å². The van der Waals surface area contributed by atoms with Gasteiger partial charge in [0.2, 0.25) is 0 Å². The zero-order chi connectivity index (χ0) is 17.7. The number of nitrogens with one attached hydrogen (secondary N) is 1. The first kappa shape index (κ1) is 18.0. The Bertz CT molecular complexity index is 609. The van der Waals surface area contributed by atoms with Crippen molar-refractivity contribution >= 4 is 11.6 Å². The van der Waals surface area contributed by atoms with E-state index in [0.29, 0.717) is 18.3 Å². The third kappa shape index (κ3) is 4.15. The van der Waals surface area contributed by atoms with E-state index in [0.717, 1.165) is 25.7 Å². The normalized spacial score (nSPS) is 20.3. The van der Waals surface area contributed by atoms with Crippen molar-refractivity contribution in [1.82, 2.24) is 5.32 Å². The predicted octanol–water partition coefficient (Wildman–Crippen LogP) is 3.31. The Morgan fingerprint density at radius 3 is 2.50 bits per heavy atom. The summed E-state index contributed by atoms with van der Waals surface area (Å²) in [5.41, 5.74) is -0.278. The number of carbonyl (C=O) groups is 1. The van der Waals surface area contributed by atoms with Crippen LogP contribution in [0, 0.1) is 16.0 Å². The first-order chi connectivity index (χ1) is 11.5. The third-order valence-corrected chi connectivity index (χ3v) is 4.37. The molecule has 1 aliphatic rings. The zero-order valence-electron chi connectivity index (χ0n) is 14.3. The van der Waals surface area contributed by atoms with Crippen LogP contribution in [0.4, 0.5) is 5.69 Å². The van der Waals surface area contributed by atoms with Crippen molar-refractivity contribution in [3.05, 3.63) is 27.8 Å². The van der Waals surface area contributed by atoms with Gasteiger partial charge in [0.1, 0.15) is 5.56 Å². The minimum Gasteiger partial charge on any atom is -0.493 e. The molecule has 1 amide bonds. The molecule has 2 rings (SSSR count). The molecule has 1 aliphatic carbocycles. The fourth-order valence-electron chi connectivity index (χ4n) is 2.98. The van der Waals surface area contributed by atoms with Gasteiger partial charge in [0.05, 0.1) is 24.7 Å². The summed E-state index contributed by atoms with van der Waals surface area (Å²) in [5, 5.41) is 14.3. The van der Waals surface area contributed by atoms with Crippen LogP contribution in [-0.4, -0.2) is 30.6 Å². The van der Waals surface area contributed by atoms with Crippen LogP contribution in [0.5, 0.6) is 11.5 Å². The Morgan fingerprint density at radius 2 is 1.96 bits per heavy atom. The maximum atomic E-state index is 12.5. The maximum absolute atomic E-state index is 12.5. The fourth-order valence-corrected chi connectivity index (χ4v) is 2.98. The monoisotopic (exact) mass is 336 g/mol. The lowest BCUT2D eigenvalue weighted by Crippen LogP contribution is -2.37. The summed E-state index contributed by atoms with van der Waals surface area (Å²) < 4.78 is 10.6. The standard InChI is InChI=1S/C17H24N2O5/c1-4-24-16-10-14(19(21)22)13(9-15(16)23-3)17(20)18-12-7-5-11(2)6-8-12/h9-12H,4-8H2,1-3H3,(H,18,20). The molecule has 1 aromatic carbocycles. The second kappa shape index (κ2) is 7.99. The molecule has 132 valence electrons. The van der Waals surface area contributed by atoms with Crippen LogP contribution in [0.25, 0.3) is 0 Å². The fraction of sp³-hybridized carbons (Fsp3) is 0.588. The second-order valence-electron chi connectivity index (χ2n) is 6.14. The van der Waals surface area contributed by atoms with Gasteiger partial charge in [-0.2, -0.15) is 0 Å². The molecular weight excluding hydrogens is 312 g/mol. The molecule has 7 heteroatoms. The minimum absolute atomic E-state index is 0.000995. The lowest BCUT2D eigenvalue weighted by atomic mass is 9.87. The molecule has 0 unspecified atom stereocenters. The Morgan fingerprint density at radius 1 is 1.29 bits per heavy atom. The highest BCUT2D eigenvalue weighted by Gasteiger charge is 2.27. The SMILES string of the molecule is CCOc1cc([N+](=O)[O-])c(C(=O)NC2CCC(C)CC2)cc1OC. The molecule has 1 aromatic rings. The van der Waals surface area contributed by atoms with Gasteiger partial charge in [-0.1, -0.05) is 6.92 Å². The van der Waals surface area contributed by atoms with Gasteiger partial charge in [-0.15, -0.1) is 0 Å². The largest absolute Gasteiger partial charge is 0.493 e. The van der Waals surface area contributed by atoms with Crippen molar-refractivity contribution in [1.29, 1.82) is 0 Å². The van der Waals surface area contributed by atoms with E-state index in [-0.39, 0.29) is 23.0 Å². The van der Waals surface area contributed by atoms with Gasteiger partial charge >= 0.3 is 0 Å². The molecule has 0 aromatic heterocycles. The van der Waals surface area contributed by atoms with Gasteiger partial charge in [0.15, 0.2) is 11.5 Å². The van der Waals surface area contributed by atoms with E-state index >= 15 is 0 Å². The van der Waals surface area contributed by atoms with Gasteiger partial charge in [-0.05, 0) is 38.5 Å². The molecule has 1 fully saturated rings. The van der Waals surface area contributed by atoms with Crippen LogP contribution in [0.15, 0.2) is 12.1 Å². The van der Waals surface area contributed by atoms with Gasteiger partial charge < -0.3 is 14.8 Å². The molecule has 0 spiro atoms. The highest BCUT2D eigenvalue weighted by molar-refractivity contribution is 5.99. The predicted molar refractivity (Wildman–Crippen MR) is 89.7 cm³/mol. The summed E-state index contributed by atoms with van der Waals surface area (Å²) in [6.45, 7) is 4.31. The van der Waals surface area contributed by atoms with E-state index in [1.54, 1.807) is 6.92 Å². The number of amides is 1. The lowest BCUT2D eigenvalue weighted by molar-refractivity contribution is -0.385. The van der Waals surface area contributed by atoms with Crippen LogP contribution >= 0.6 is 0 Å². The topological polar surface area (TPSA) is 90.7 Å². The first-order valence-electron chi connectivity index (χ1n) is 8.26. The summed E-state index contributed by atoms with van der Waals surface area (Å²) in [5.74, 6) is 0.792. The van der Waals surface area contributed by atoms with Crippen molar-refractivity contribution < 1.29 is 19.2 Å². The van der Waals surface area contributed by atoms with Gasteiger partial charge in [0, 0.05) is 12.1 Å². The number of ether oxygens (including phenoxy) is 2. The lowest BCUT2D eigenvalue weighted by Gasteiger charge is -2.26. The number of benzene rings is 1. The number of carbonyl (C=O) groups excluding carboxylic acids is 1. The van der Waals surface area contributed by atoms with Crippen molar-refractivity contribution in [2.45, 2.75) is 45.6 Å². The maximum Gasteiger partial charge on any atom is 0.286 e. The Kier molecular flexibility index (Phi) is 6.00. The van der Waals surface area contributed by atoms with Crippen molar-refractivity contribution in [3.63, 3.8) is 0 Å². The Labute approximate surface area is 141 Å².